The van der Waals surface area contributed by atoms with E-state index in [0.717, 1.165) is 44.4 Å². The standard InChI is InChI=1S/C48H30N2O/c1-2-10-35(11-3-1)49-43-15-7-4-12-37(43)39-25-20-32(28-45(39)49)33-21-26-40-38-13-5-8-16-44(38)50(46(40)29-33)36-23-18-31(19-24-36)34-22-27-42-41-14-6-9-17-47(41)51-48(42)30-34/h1-30H. The van der Waals surface area contributed by atoms with E-state index >= 15 is 0 Å². The molecule has 0 radical (unpaired) electrons. The number of hydrogen-bond donors (Lipinski definition) is 0. The summed E-state index contributed by atoms with van der Waals surface area (Å²) in [5, 5.41) is 7.31. The predicted molar refractivity (Wildman–Crippen MR) is 213 cm³/mol. The lowest BCUT2D eigenvalue weighted by atomic mass is 10.0. The number of benzene rings is 8. The lowest BCUT2D eigenvalue weighted by Crippen LogP contribution is -1.94. The molecule has 0 aliphatic carbocycles. The first-order valence-corrected chi connectivity index (χ1v) is 17.4. The number of fused-ring (bicyclic) bond motifs is 9. The third kappa shape index (κ3) is 4.25. The molecule has 0 aliphatic heterocycles. The van der Waals surface area contributed by atoms with Crippen LogP contribution in [0.4, 0.5) is 0 Å². The smallest absolute Gasteiger partial charge is 0.136 e. The summed E-state index contributed by atoms with van der Waals surface area (Å²) in [7, 11) is 0. The molecular weight excluding hydrogens is 621 g/mol. The average Bonchev–Trinajstić information content (AvgIpc) is 3.85. The molecule has 3 aromatic heterocycles. The molecule has 0 saturated carbocycles. The van der Waals surface area contributed by atoms with Gasteiger partial charge >= 0.3 is 0 Å². The molecule has 0 bridgehead atoms. The van der Waals surface area contributed by atoms with E-state index in [2.05, 4.69) is 179 Å². The SMILES string of the molecule is c1ccc(-n2c3ccccc3c3ccc(-c4ccc5c6ccccc6n(-c6ccc(-c7ccc8c(c7)oc7ccccc78)cc6)c5c4)cc32)cc1. The van der Waals surface area contributed by atoms with Crippen molar-refractivity contribution >= 4 is 65.6 Å². The molecule has 3 heteroatoms. The van der Waals surface area contributed by atoms with Crippen LogP contribution in [-0.4, -0.2) is 9.13 Å². The van der Waals surface area contributed by atoms with Gasteiger partial charge in [0, 0.05) is 43.7 Å². The minimum absolute atomic E-state index is 0.912. The first-order valence-electron chi connectivity index (χ1n) is 17.4. The Labute approximate surface area is 293 Å². The molecule has 8 aromatic carbocycles. The zero-order valence-corrected chi connectivity index (χ0v) is 27.6. The van der Waals surface area contributed by atoms with Gasteiger partial charge in [0.2, 0.25) is 0 Å². The van der Waals surface area contributed by atoms with Crippen LogP contribution < -0.4 is 0 Å². The summed E-state index contributed by atoms with van der Waals surface area (Å²) in [5.41, 5.74) is 13.6. The van der Waals surface area contributed by atoms with Gasteiger partial charge in [0.05, 0.1) is 22.1 Å². The highest BCUT2D eigenvalue weighted by Crippen LogP contribution is 2.39. The van der Waals surface area contributed by atoms with Crippen LogP contribution in [0, 0.1) is 0 Å². The molecule has 11 rings (SSSR count). The highest BCUT2D eigenvalue weighted by molar-refractivity contribution is 6.12. The Balaban J connectivity index is 1.05. The lowest BCUT2D eigenvalue weighted by molar-refractivity contribution is 0.669. The maximum absolute atomic E-state index is 6.20. The summed E-state index contributed by atoms with van der Waals surface area (Å²) in [6.07, 6.45) is 0. The van der Waals surface area contributed by atoms with Gasteiger partial charge in [-0.2, -0.15) is 0 Å². The second-order valence-corrected chi connectivity index (χ2v) is 13.4. The first-order chi connectivity index (χ1) is 25.3. The summed E-state index contributed by atoms with van der Waals surface area (Å²) >= 11 is 0. The fourth-order valence-corrected chi connectivity index (χ4v) is 8.14. The molecule has 3 nitrogen and oxygen atoms in total. The molecule has 51 heavy (non-hydrogen) atoms. The molecule has 0 unspecified atom stereocenters. The van der Waals surface area contributed by atoms with Crippen molar-refractivity contribution in [2.24, 2.45) is 0 Å². The Bertz CT molecular complexity index is 3120. The number of nitrogens with zero attached hydrogens (tertiary/aromatic N) is 2. The first kappa shape index (κ1) is 28.0. The van der Waals surface area contributed by atoms with E-state index in [9.17, 15) is 0 Å². The van der Waals surface area contributed by atoms with Crippen LogP contribution in [-0.2, 0) is 0 Å². The fourth-order valence-electron chi connectivity index (χ4n) is 8.14. The summed E-state index contributed by atoms with van der Waals surface area (Å²) in [5.74, 6) is 0. The molecular formula is C48H30N2O. The molecule has 3 heterocycles. The van der Waals surface area contributed by atoms with Crippen LogP contribution >= 0.6 is 0 Å². The predicted octanol–water partition coefficient (Wildman–Crippen LogP) is 13.1. The highest BCUT2D eigenvalue weighted by atomic mass is 16.3. The van der Waals surface area contributed by atoms with Crippen molar-refractivity contribution < 1.29 is 4.42 Å². The van der Waals surface area contributed by atoms with Gasteiger partial charge in [-0.25, -0.2) is 0 Å². The summed E-state index contributed by atoms with van der Waals surface area (Å²) in [4.78, 5) is 0. The van der Waals surface area contributed by atoms with Crippen LogP contribution in [0.1, 0.15) is 0 Å². The van der Waals surface area contributed by atoms with Crippen molar-refractivity contribution in [3.63, 3.8) is 0 Å². The zero-order chi connectivity index (χ0) is 33.5. The molecule has 0 saturated heterocycles. The second-order valence-electron chi connectivity index (χ2n) is 13.4. The van der Waals surface area contributed by atoms with Crippen LogP contribution in [0.15, 0.2) is 186 Å². The van der Waals surface area contributed by atoms with Crippen molar-refractivity contribution in [2.45, 2.75) is 0 Å². The summed E-state index contributed by atoms with van der Waals surface area (Å²) in [6.45, 7) is 0. The van der Waals surface area contributed by atoms with E-state index in [1.807, 2.05) is 12.1 Å². The van der Waals surface area contributed by atoms with Gasteiger partial charge in [0.25, 0.3) is 0 Å². The van der Waals surface area contributed by atoms with E-state index in [1.54, 1.807) is 0 Å². The van der Waals surface area contributed by atoms with Crippen LogP contribution in [0.2, 0.25) is 0 Å². The Kier molecular flexibility index (Phi) is 5.96. The van der Waals surface area contributed by atoms with Crippen molar-refractivity contribution in [3.05, 3.63) is 182 Å². The maximum Gasteiger partial charge on any atom is 0.136 e. The van der Waals surface area contributed by atoms with Crippen molar-refractivity contribution in [2.75, 3.05) is 0 Å². The molecule has 0 aliphatic rings. The third-order valence-corrected chi connectivity index (χ3v) is 10.5. The van der Waals surface area contributed by atoms with Gasteiger partial charge in [-0.3, -0.25) is 0 Å². The van der Waals surface area contributed by atoms with Crippen LogP contribution in [0.3, 0.4) is 0 Å². The number of rotatable bonds is 4. The van der Waals surface area contributed by atoms with E-state index in [-0.39, 0.29) is 0 Å². The minimum Gasteiger partial charge on any atom is -0.456 e. The fraction of sp³-hybridized carbons (Fsp3) is 0. The number of para-hydroxylation sites is 4. The largest absolute Gasteiger partial charge is 0.456 e. The Morgan fingerprint density at radius 2 is 0.706 bits per heavy atom. The van der Waals surface area contributed by atoms with Gasteiger partial charge in [-0.15, -0.1) is 0 Å². The monoisotopic (exact) mass is 650 g/mol. The van der Waals surface area contributed by atoms with Crippen molar-refractivity contribution in [1.82, 2.24) is 9.13 Å². The number of aromatic nitrogens is 2. The van der Waals surface area contributed by atoms with E-state index in [1.165, 1.54) is 54.7 Å². The molecule has 0 amide bonds. The lowest BCUT2D eigenvalue weighted by Gasteiger charge is -2.11. The topological polar surface area (TPSA) is 23.0 Å². The minimum atomic E-state index is 0.912. The van der Waals surface area contributed by atoms with Crippen LogP contribution in [0.5, 0.6) is 0 Å². The highest BCUT2D eigenvalue weighted by Gasteiger charge is 2.16. The second kappa shape index (κ2) is 10.8. The third-order valence-electron chi connectivity index (χ3n) is 10.5. The van der Waals surface area contributed by atoms with E-state index < -0.39 is 0 Å². The molecule has 238 valence electrons. The van der Waals surface area contributed by atoms with Gasteiger partial charge < -0.3 is 13.6 Å². The molecule has 0 spiro atoms. The molecule has 11 aromatic rings. The summed E-state index contributed by atoms with van der Waals surface area (Å²) < 4.78 is 11.0. The molecule has 0 N–H and O–H groups in total. The quantitative estimate of drug-likeness (QED) is 0.186. The summed E-state index contributed by atoms with van der Waals surface area (Å²) in [6, 6.07) is 65.6. The molecule has 0 fully saturated rings. The zero-order valence-electron chi connectivity index (χ0n) is 27.6. The number of furan rings is 1. The van der Waals surface area contributed by atoms with Crippen molar-refractivity contribution in [1.29, 1.82) is 0 Å². The van der Waals surface area contributed by atoms with Gasteiger partial charge in [0.1, 0.15) is 11.2 Å². The van der Waals surface area contributed by atoms with Gasteiger partial charge in [0.15, 0.2) is 0 Å². The average molecular weight is 651 g/mol. The van der Waals surface area contributed by atoms with E-state index in [0.29, 0.717) is 0 Å². The van der Waals surface area contributed by atoms with Gasteiger partial charge in [-0.05, 0) is 89.0 Å². The molecule has 0 atom stereocenters. The Morgan fingerprint density at radius 1 is 0.275 bits per heavy atom. The maximum atomic E-state index is 6.20. The van der Waals surface area contributed by atoms with Crippen molar-refractivity contribution in [3.8, 4) is 33.6 Å². The Morgan fingerprint density at radius 3 is 1.33 bits per heavy atom. The van der Waals surface area contributed by atoms with Gasteiger partial charge in [-0.1, -0.05) is 115 Å². The Hall–Kier alpha value is -6.84. The van der Waals surface area contributed by atoms with Crippen LogP contribution in [0.25, 0.3) is 99.2 Å². The normalized spacial score (nSPS) is 11.9. The van der Waals surface area contributed by atoms with E-state index in [4.69, 9.17) is 4.42 Å². The number of hydrogen-bond acceptors (Lipinski definition) is 1.